The molecule has 0 aromatic heterocycles. The van der Waals surface area contributed by atoms with Gasteiger partial charge in [-0.05, 0) is 64.5 Å². The van der Waals surface area contributed by atoms with Crippen molar-refractivity contribution in [3.05, 3.63) is 0 Å². The molecule has 2 fully saturated rings. The molecule has 2 nitrogen and oxygen atoms in total. The molecule has 19 heavy (non-hydrogen) atoms. The molecule has 1 aliphatic carbocycles. The highest BCUT2D eigenvalue weighted by Crippen LogP contribution is 2.31. The molecule has 0 amide bonds. The summed E-state index contributed by atoms with van der Waals surface area (Å²) < 4.78 is 0. The molecule has 2 heteroatoms. The number of likely N-dealkylation sites (tertiary alicyclic amines) is 1. The van der Waals surface area contributed by atoms with Gasteiger partial charge >= 0.3 is 0 Å². The predicted molar refractivity (Wildman–Crippen MR) is 83.5 cm³/mol. The average Bonchev–Trinajstić information content (AvgIpc) is 2.62. The third kappa shape index (κ3) is 4.19. The molecule has 2 rings (SSSR count). The van der Waals surface area contributed by atoms with Crippen LogP contribution in [0.5, 0.6) is 0 Å². The summed E-state index contributed by atoms with van der Waals surface area (Å²) in [4.78, 5) is 2.86. The normalized spacial score (nSPS) is 38.1. The van der Waals surface area contributed by atoms with Crippen LogP contribution in [-0.4, -0.2) is 36.1 Å². The van der Waals surface area contributed by atoms with Gasteiger partial charge in [-0.3, -0.25) is 4.90 Å². The Bertz CT molecular complexity index is 252. The largest absolute Gasteiger partial charge is 0.312 e. The van der Waals surface area contributed by atoms with E-state index in [0.717, 1.165) is 24.0 Å². The fraction of sp³-hybridized carbons (Fsp3) is 1.00. The van der Waals surface area contributed by atoms with Crippen LogP contribution in [0.2, 0.25) is 0 Å². The summed E-state index contributed by atoms with van der Waals surface area (Å²) in [6.07, 6.45) is 11.2. The van der Waals surface area contributed by atoms with Crippen LogP contribution in [0.15, 0.2) is 0 Å². The molecular weight excluding hydrogens is 232 g/mol. The molecule has 1 heterocycles. The zero-order chi connectivity index (χ0) is 13.7. The Hall–Kier alpha value is -0.0800. The van der Waals surface area contributed by atoms with Gasteiger partial charge in [-0.25, -0.2) is 0 Å². The average molecular weight is 266 g/mol. The second-order valence-electron chi connectivity index (χ2n) is 6.98. The van der Waals surface area contributed by atoms with Crippen molar-refractivity contribution >= 4 is 0 Å². The quantitative estimate of drug-likeness (QED) is 0.832. The lowest BCUT2D eigenvalue weighted by atomic mass is 9.81. The number of nitrogens with one attached hydrogen (secondary N) is 1. The second-order valence-corrected chi connectivity index (χ2v) is 6.98. The third-order valence-corrected chi connectivity index (χ3v) is 5.27. The fourth-order valence-corrected chi connectivity index (χ4v) is 4.07. The van der Waals surface area contributed by atoms with Crippen LogP contribution in [0, 0.1) is 5.92 Å². The van der Waals surface area contributed by atoms with Crippen molar-refractivity contribution in [3.63, 3.8) is 0 Å². The molecular formula is C17H34N2. The van der Waals surface area contributed by atoms with E-state index >= 15 is 0 Å². The van der Waals surface area contributed by atoms with Gasteiger partial charge in [0.15, 0.2) is 0 Å². The zero-order valence-corrected chi connectivity index (χ0v) is 13.3. The van der Waals surface area contributed by atoms with Gasteiger partial charge in [0, 0.05) is 18.1 Å². The van der Waals surface area contributed by atoms with Crippen LogP contribution in [-0.2, 0) is 0 Å². The van der Waals surface area contributed by atoms with Crippen molar-refractivity contribution < 1.29 is 0 Å². The molecule has 4 unspecified atom stereocenters. The SMILES string of the molecule is CCCNC1CCC(C)CC1N1CCCCCC1C. The van der Waals surface area contributed by atoms with Crippen LogP contribution in [0.25, 0.3) is 0 Å². The van der Waals surface area contributed by atoms with Crippen molar-refractivity contribution in [2.75, 3.05) is 13.1 Å². The fourth-order valence-electron chi connectivity index (χ4n) is 4.07. The summed E-state index contributed by atoms with van der Waals surface area (Å²) in [5.74, 6) is 0.917. The molecule has 0 radical (unpaired) electrons. The van der Waals surface area contributed by atoms with E-state index in [1.54, 1.807) is 0 Å². The maximum atomic E-state index is 3.84. The van der Waals surface area contributed by atoms with Gasteiger partial charge in [-0.1, -0.05) is 26.7 Å². The van der Waals surface area contributed by atoms with Gasteiger partial charge in [0.2, 0.25) is 0 Å². The monoisotopic (exact) mass is 266 g/mol. The summed E-state index contributed by atoms with van der Waals surface area (Å²) in [6, 6.07) is 2.34. The van der Waals surface area contributed by atoms with Crippen LogP contribution in [0.3, 0.4) is 0 Å². The standard InChI is InChI=1S/C17H34N2/c1-4-11-18-16-10-9-14(2)13-17(16)19-12-7-5-6-8-15(19)3/h14-18H,4-13H2,1-3H3. The van der Waals surface area contributed by atoms with E-state index in [4.69, 9.17) is 0 Å². The van der Waals surface area contributed by atoms with Crippen molar-refractivity contribution in [1.29, 1.82) is 0 Å². The van der Waals surface area contributed by atoms with E-state index in [1.165, 1.54) is 64.5 Å². The van der Waals surface area contributed by atoms with Crippen LogP contribution in [0.4, 0.5) is 0 Å². The van der Waals surface area contributed by atoms with Crippen molar-refractivity contribution in [3.8, 4) is 0 Å². The molecule has 0 aromatic rings. The minimum Gasteiger partial charge on any atom is -0.312 e. The second kappa shape index (κ2) is 7.64. The molecule has 2 aliphatic rings. The summed E-state index contributed by atoms with van der Waals surface area (Å²) in [7, 11) is 0. The molecule has 1 saturated carbocycles. The van der Waals surface area contributed by atoms with Crippen LogP contribution in [0.1, 0.15) is 72.1 Å². The molecule has 0 aromatic carbocycles. The lowest BCUT2D eigenvalue weighted by Crippen LogP contribution is -2.55. The first-order valence-corrected chi connectivity index (χ1v) is 8.71. The van der Waals surface area contributed by atoms with Gasteiger partial charge in [-0.15, -0.1) is 0 Å². The van der Waals surface area contributed by atoms with Crippen LogP contribution < -0.4 is 5.32 Å². The smallest absolute Gasteiger partial charge is 0.0254 e. The Morgan fingerprint density at radius 3 is 2.68 bits per heavy atom. The van der Waals surface area contributed by atoms with E-state index in [2.05, 4.69) is 31.0 Å². The minimum atomic E-state index is 0.747. The number of hydrogen-bond acceptors (Lipinski definition) is 2. The molecule has 0 spiro atoms. The molecule has 4 atom stereocenters. The van der Waals surface area contributed by atoms with Gasteiger partial charge in [0.1, 0.15) is 0 Å². The zero-order valence-electron chi connectivity index (χ0n) is 13.3. The molecule has 1 N–H and O–H groups in total. The number of rotatable bonds is 4. The Morgan fingerprint density at radius 2 is 1.89 bits per heavy atom. The van der Waals surface area contributed by atoms with E-state index in [-0.39, 0.29) is 0 Å². The van der Waals surface area contributed by atoms with Gasteiger partial charge in [0.05, 0.1) is 0 Å². The summed E-state index contributed by atoms with van der Waals surface area (Å²) in [5.41, 5.74) is 0. The topological polar surface area (TPSA) is 15.3 Å². The van der Waals surface area contributed by atoms with Gasteiger partial charge < -0.3 is 5.32 Å². The first-order chi connectivity index (χ1) is 9.22. The lowest BCUT2D eigenvalue weighted by Gasteiger charge is -2.44. The molecule has 1 aliphatic heterocycles. The Balaban J connectivity index is 2.02. The van der Waals surface area contributed by atoms with Crippen molar-refractivity contribution in [1.82, 2.24) is 10.2 Å². The van der Waals surface area contributed by atoms with Crippen molar-refractivity contribution in [2.24, 2.45) is 5.92 Å². The summed E-state index contributed by atoms with van der Waals surface area (Å²) in [6.45, 7) is 9.72. The van der Waals surface area contributed by atoms with E-state index < -0.39 is 0 Å². The Kier molecular flexibility index (Phi) is 6.15. The van der Waals surface area contributed by atoms with Crippen LogP contribution >= 0.6 is 0 Å². The molecule has 0 bridgehead atoms. The Morgan fingerprint density at radius 1 is 1.05 bits per heavy atom. The van der Waals surface area contributed by atoms with Gasteiger partial charge in [0.25, 0.3) is 0 Å². The molecule has 112 valence electrons. The third-order valence-electron chi connectivity index (χ3n) is 5.27. The van der Waals surface area contributed by atoms with E-state index in [0.29, 0.717) is 0 Å². The first-order valence-electron chi connectivity index (χ1n) is 8.71. The molecule has 1 saturated heterocycles. The maximum Gasteiger partial charge on any atom is 0.0254 e. The Labute approximate surface area is 120 Å². The van der Waals surface area contributed by atoms with Crippen molar-refractivity contribution in [2.45, 2.75) is 90.3 Å². The first kappa shape index (κ1) is 15.3. The number of hydrogen-bond donors (Lipinski definition) is 1. The highest BCUT2D eigenvalue weighted by atomic mass is 15.2. The van der Waals surface area contributed by atoms with Gasteiger partial charge in [-0.2, -0.15) is 0 Å². The number of nitrogens with zero attached hydrogens (tertiary/aromatic N) is 1. The predicted octanol–water partition coefficient (Wildman–Crippen LogP) is 3.81. The lowest BCUT2D eigenvalue weighted by molar-refractivity contribution is 0.0711. The highest BCUT2D eigenvalue weighted by Gasteiger charge is 2.34. The minimum absolute atomic E-state index is 0.747. The highest BCUT2D eigenvalue weighted by molar-refractivity contribution is 4.92. The van der Waals surface area contributed by atoms with E-state index in [9.17, 15) is 0 Å². The summed E-state index contributed by atoms with van der Waals surface area (Å²) >= 11 is 0. The summed E-state index contributed by atoms with van der Waals surface area (Å²) in [5, 5.41) is 3.84. The van der Waals surface area contributed by atoms with E-state index in [1.807, 2.05) is 0 Å². The maximum absolute atomic E-state index is 3.84.